The topological polar surface area (TPSA) is 88.2 Å². The minimum absolute atomic E-state index is 0.189. The maximum absolute atomic E-state index is 12.6. The van der Waals surface area contributed by atoms with Crippen molar-refractivity contribution in [2.75, 3.05) is 30.3 Å². The summed E-state index contributed by atoms with van der Waals surface area (Å²) in [6.45, 7) is 5.63. The first-order valence-corrected chi connectivity index (χ1v) is 9.59. The van der Waals surface area contributed by atoms with E-state index in [4.69, 9.17) is 4.74 Å². The SMILES string of the molecule is CCNc1cc(NCCNC(=O)c2ccccc2Oc2ccccc2)nc(C)n1. The van der Waals surface area contributed by atoms with E-state index in [9.17, 15) is 4.79 Å². The van der Waals surface area contributed by atoms with Crippen molar-refractivity contribution in [2.45, 2.75) is 13.8 Å². The number of carbonyl (C=O) groups excluding carboxylic acids is 1. The molecule has 0 bridgehead atoms. The summed E-state index contributed by atoms with van der Waals surface area (Å²) in [6, 6.07) is 18.4. The number of hydrogen-bond acceptors (Lipinski definition) is 6. The normalized spacial score (nSPS) is 10.3. The van der Waals surface area contributed by atoms with E-state index in [-0.39, 0.29) is 5.91 Å². The van der Waals surface area contributed by atoms with Crippen molar-refractivity contribution >= 4 is 17.5 Å². The highest BCUT2D eigenvalue weighted by molar-refractivity contribution is 5.97. The number of para-hydroxylation sites is 2. The van der Waals surface area contributed by atoms with Crippen LogP contribution in [0.25, 0.3) is 0 Å². The van der Waals surface area contributed by atoms with Gasteiger partial charge in [-0.15, -0.1) is 0 Å². The Kier molecular flexibility index (Phi) is 7.00. The Morgan fingerprint density at radius 3 is 2.38 bits per heavy atom. The Bertz CT molecular complexity index is 947. The number of nitrogens with one attached hydrogen (secondary N) is 3. The molecule has 29 heavy (non-hydrogen) atoms. The second-order valence-corrected chi connectivity index (χ2v) is 6.31. The quantitative estimate of drug-likeness (QED) is 0.480. The van der Waals surface area contributed by atoms with Gasteiger partial charge in [0.05, 0.1) is 5.56 Å². The van der Waals surface area contributed by atoms with Crippen molar-refractivity contribution < 1.29 is 9.53 Å². The highest BCUT2D eigenvalue weighted by Crippen LogP contribution is 2.24. The molecule has 1 aromatic heterocycles. The molecule has 3 aromatic rings. The summed E-state index contributed by atoms with van der Waals surface area (Å²) >= 11 is 0. The number of carbonyl (C=O) groups is 1. The van der Waals surface area contributed by atoms with Gasteiger partial charge in [-0.25, -0.2) is 9.97 Å². The minimum atomic E-state index is -0.189. The van der Waals surface area contributed by atoms with Gasteiger partial charge >= 0.3 is 0 Å². The van der Waals surface area contributed by atoms with Gasteiger partial charge in [-0.2, -0.15) is 0 Å². The van der Waals surface area contributed by atoms with E-state index in [1.165, 1.54) is 0 Å². The molecule has 3 N–H and O–H groups in total. The van der Waals surface area contributed by atoms with Crippen molar-refractivity contribution in [2.24, 2.45) is 0 Å². The lowest BCUT2D eigenvalue weighted by atomic mass is 10.2. The van der Waals surface area contributed by atoms with Crippen LogP contribution in [0.5, 0.6) is 11.5 Å². The maximum Gasteiger partial charge on any atom is 0.255 e. The number of hydrogen-bond donors (Lipinski definition) is 3. The van der Waals surface area contributed by atoms with Crippen molar-refractivity contribution in [1.82, 2.24) is 15.3 Å². The van der Waals surface area contributed by atoms with Crippen molar-refractivity contribution in [3.05, 3.63) is 72.1 Å². The molecule has 0 aliphatic carbocycles. The lowest BCUT2D eigenvalue weighted by Crippen LogP contribution is -2.29. The van der Waals surface area contributed by atoms with Gasteiger partial charge in [0.15, 0.2) is 0 Å². The fraction of sp³-hybridized carbons (Fsp3) is 0.227. The third-order valence-electron chi connectivity index (χ3n) is 4.02. The van der Waals surface area contributed by atoms with E-state index in [1.807, 2.05) is 62.4 Å². The van der Waals surface area contributed by atoms with E-state index in [1.54, 1.807) is 12.1 Å². The van der Waals surface area contributed by atoms with Crippen LogP contribution < -0.4 is 20.7 Å². The smallest absolute Gasteiger partial charge is 0.255 e. The zero-order chi connectivity index (χ0) is 20.5. The van der Waals surface area contributed by atoms with Crippen LogP contribution in [-0.4, -0.2) is 35.5 Å². The summed E-state index contributed by atoms with van der Waals surface area (Å²) in [5.74, 6) is 3.19. The number of benzene rings is 2. The van der Waals surface area contributed by atoms with Gasteiger partial charge in [0.2, 0.25) is 0 Å². The number of nitrogens with zero attached hydrogens (tertiary/aromatic N) is 2. The van der Waals surface area contributed by atoms with Crippen molar-refractivity contribution in [3.63, 3.8) is 0 Å². The predicted molar refractivity (Wildman–Crippen MR) is 115 cm³/mol. The lowest BCUT2D eigenvalue weighted by molar-refractivity contribution is 0.0953. The molecule has 0 atom stereocenters. The van der Waals surface area contributed by atoms with Crippen LogP contribution in [0, 0.1) is 6.92 Å². The molecule has 0 saturated heterocycles. The molecule has 1 heterocycles. The second-order valence-electron chi connectivity index (χ2n) is 6.31. The highest BCUT2D eigenvalue weighted by atomic mass is 16.5. The van der Waals surface area contributed by atoms with Gasteiger partial charge in [-0.05, 0) is 38.1 Å². The van der Waals surface area contributed by atoms with Crippen LogP contribution in [-0.2, 0) is 0 Å². The average Bonchev–Trinajstić information content (AvgIpc) is 2.72. The highest BCUT2D eigenvalue weighted by Gasteiger charge is 2.12. The summed E-state index contributed by atoms with van der Waals surface area (Å²) in [5, 5.41) is 9.29. The number of aromatic nitrogens is 2. The molecule has 0 aliphatic heterocycles. The lowest BCUT2D eigenvalue weighted by Gasteiger charge is -2.12. The van der Waals surface area contributed by atoms with Crippen molar-refractivity contribution in [3.8, 4) is 11.5 Å². The Hall–Kier alpha value is -3.61. The Morgan fingerprint density at radius 1 is 0.931 bits per heavy atom. The van der Waals surface area contributed by atoms with Gasteiger partial charge in [-0.3, -0.25) is 4.79 Å². The van der Waals surface area contributed by atoms with Gasteiger partial charge in [0.1, 0.15) is 29.0 Å². The Labute approximate surface area is 170 Å². The van der Waals surface area contributed by atoms with E-state index < -0.39 is 0 Å². The minimum Gasteiger partial charge on any atom is -0.457 e. The Balaban J connectivity index is 1.55. The first-order valence-electron chi connectivity index (χ1n) is 9.59. The van der Waals surface area contributed by atoms with Crippen LogP contribution in [0.1, 0.15) is 23.1 Å². The molecular weight excluding hydrogens is 366 g/mol. The zero-order valence-electron chi connectivity index (χ0n) is 16.6. The molecule has 0 unspecified atom stereocenters. The second kappa shape index (κ2) is 10.1. The molecule has 0 spiro atoms. The number of ether oxygens (including phenoxy) is 1. The number of amides is 1. The van der Waals surface area contributed by atoms with E-state index in [0.717, 1.165) is 18.2 Å². The third kappa shape index (κ3) is 5.93. The average molecular weight is 391 g/mol. The number of aryl methyl sites for hydroxylation is 1. The van der Waals surface area contributed by atoms with Crippen LogP contribution >= 0.6 is 0 Å². The first kappa shape index (κ1) is 20.1. The molecule has 150 valence electrons. The molecule has 0 aliphatic rings. The molecular formula is C22H25N5O2. The molecule has 7 nitrogen and oxygen atoms in total. The number of anilines is 2. The van der Waals surface area contributed by atoms with Crippen LogP contribution in [0.4, 0.5) is 11.6 Å². The van der Waals surface area contributed by atoms with E-state index in [2.05, 4.69) is 25.9 Å². The largest absolute Gasteiger partial charge is 0.457 e. The molecule has 3 rings (SSSR count). The van der Waals surface area contributed by atoms with Gasteiger partial charge in [0.25, 0.3) is 5.91 Å². The monoisotopic (exact) mass is 391 g/mol. The summed E-state index contributed by atoms with van der Waals surface area (Å²) in [5.41, 5.74) is 0.490. The molecule has 0 saturated carbocycles. The fourth-order valence-electron chi connectivity index (χ4n) is 2.75. The third-order valence-corrected chi connectivity index (χ3v) is 4.02. The molecule has 0 fully saturated rings. The number of rotatable bonds is 9. The fourth-order valence-corrected chi connectivity index (χ4v) is 2.75. The molecule has 1 amide bonds. The van der Waals surface area contributed by atoms with Crippen LogP contribution in [0.2, 0.25) is 0 Å². The van der Waals surface area contributed by atoms with E-state index >= 15 is 0 Å². The standard InChI is InChI=1S/C22H25N5O2/c1-3-23-20-15-21(27-16(2)26-20)24-13-14-25-22(28)18-11-7-8-12-19(18)29-17-9-5-4-6-10-17/h4-12,15H,3,13-14H2,1-2H3,(H,25,28)(H2,23,24,26,27). The summed E-state index contributed by atoms with van der Waals surface area (Å²) in [4.78, 5) is 21.3. The summed E-state index contributed by atoms with van der Waals surface area (Å²) < 4.78 is 5.86. The van der Waals surface area contributed by atoms with E-state index in [0.29, 0.717) is 36.0 Å². The van der Waals surface area contributed by atoms with Gasteiger partial charge in [-0.1, -0.05) is 30.3 Å². The summed E-state index contributed by atoms with van der Waals surface area (Å²) in [6.07, 6.45) is 0. The molecule has 0 radical (unpaired) electrons. The van der Waals surface area contributed by atoms with Gasteiger partial charge < -0.3 is 20.7 Å². The van der Waals surface area contributed by atoms with Crippen LogP contribution in [0.3, 0.4) is 0 Å². The van der Waals surface area contributed by atoms with Gasteiger partial charge in [0, 0.05) is 25.7 Å². The molecule has 2 aromatic carbocycles. The predicted octanol–water partition coefficient (Wildman–Crippen LogP) is 3.85. The maximum atomic E-state index is 12.6. The summed E-state index contributed by atoms with van der Waals surface area (Å²) in [7, 11) is 0. The van der Waals surface area contributed by atoms with Crippen LogP contribution in [0.15, 0.2) is 60.7 Å². The molecule has 7 heteroatoms. The first-order chi connectivity index (χ1) is 14.2. The zero-order valence-corrected chi connectivity index (χ0v) is 16.6. The van der Waals surface area contributed by atoms with Crippen molar-refractivity contribution in [1.29, 1.82) is 0 Å². The Morgan fingerprint density at radius 2 is 1.62 bits per heavy atom.